The zero-order valence-electron chi connectivity index (χ0n) is 11.0. The Balaban J connectivity index is 4.01. The molecule has 2 atom stereocenters. The van der Waals surface area contributed by atoms with Gasteiger partial charge >= 0.3 is 5.97 Å². The summed E-state index contributed by atoms with van der Waals surface area (Å²) in [5.74, 6) is -0.318. The van der Waals surface area contributed by atoms with Gasteiger partial charge in [0.15, 0.2) is 6.10 Å². The molecule has 0 saturated heterocycles. The van der Waals surface area contributed by atoms with Crippen LogP contribution >= 0.6 is 0 Å². The maximum absolute atomic E-state index is 10.9. The molecule has 3 heteroatoms. The van der Waals surface area contributed by atoms with E-state index >= 15 is 0 Å². The highest BCUT2D eigenvalue weighted by atomic mass is 16.5. The summed E-state index contributed by atoms with van der Waals surface area (Å²) in [7, 11) is 0. The van der Waals surface area contributed by atoms with Crippen LogP contribution in [0.5, 0.6) is 0 Å². The smallest absolute Gasteiger partial charge is 0.333 e. The third-order valence-electron chi connectivity index (χ3n) is 2.90. The van der Waals surface area contributed by atoms with Crippen LogP contribution in [-0.4, -0.2) is 23.8 Å². The Kier molecular flexibility index (Phi) is 8.26. The van der Waals surface area contributed by atoms with Gasteiger partial charge in [0, 0.05) is 0 Å². The van der Waals surface area contributed by atoms with Crippen molar-refractivity contribution >= 4 is 5.97 Å². The highest BCUT2D eigenvalue weighted by Gasteiger charge is 2.23. The largest absolute Gasteiger partial charge is 0.479 e. The van der Waals surface area contributed by atoms with Crippen LogP contribution in [0, 0.1) is 11.8 Å². The van der Waals surface area contributed by atoms with Gasteiger partial charge in [-0.05, 0) is 18.3 Å². The lowest BCUT2D eigenvalue weighted by Crippen LogP contribution is -2.31. The van der Waals surface area contributed by atoms with Gasteiger partial charge in [0.1, 0.15) is 0 Å². The van der Waals surface area contributed by atoms with E-state index in [-0.39, 0.29) is 5.92 Å². The first-order valence-electron chi connectivity index (χ1n) is 6.37. The molecule has 2 unspecified atom stereocenters. The Hall–Kier alpha value is -0.570. The molecule has 0 aromatic carbocycles. The van der Waals surface area contributed by atoms with Gasteiger partial charge in [-0.3, -0.25) is 0 Å². The van der Waals surface area contributed by atoms with Gasteiger partial charge in [0.05, 0.1) is 6.61 Å². The number of carboxylic acids is 1. The van der Waals surface area contributed by atoms with E-state index in [1.807, 2.05) is 13.8 Å². The first-order chi connectivity index (χ1) is 7.52. The van der Waals surface area contributed by atoms with Crippen LogP contribution < -0.4 is 0 Å². The van der Waals surface area contributed by atoms with Crippen LogP contribution in [0.2, 0.25) is 0 Å². The molecule has 0 amide bonds. The van der Waals surface area contributed by atoms with Crippen molar-refractivity contribution in [2.75, 3.05) is 6.61 Å². The minimum atomic E-state index is -0.847. The number of aliphatic carboxylic acids is 1. The predicted molar refractivity (Wildman–Crippen MR) is 65.5 cm³/mol. The lowest BCUT2D eigenvalue weighted by molar-refractivity contribution is -0.154. The molecule has 96 valence electrons. The molecule has 0 aliphatic carbocycles. The van der Waals surface area contributed by atoms with Gasteiger partial charge in [-0.25, -0.2) is 4.79 Å². The minimum Gasteiger partial charge on any atom is -0.479 e. The molecule has 0 fully saturated rings. The second-order valence-corrected chi connectivity index (χ2v) is 4.75. The Labute approximate surface area is 99.2 Å². The second kappa shape index (κ2) is 8.57. The zero-order chi connectivity index (χ0) is 12.6. The van der Waals surface area contributed by atoms with Gasteiger partial charge in [-0.15, -0.1) is 0 Å². The quantitative estimate of drug-likeness (QED) is 0.661. The fourth-order valence-electron chi connectivity index (χ4n) is 1.69. The Bertz CT molecular complexity index is 190. The number of carboxylic acid groups (broad SMARTS) is 1. The maximum atomic E-state index is 10.9. The molecule has 0 aromatic heterocycles. The molecule has 0 spiro atoms. The van der Waals surface area contributed by atoms with Crippen molar-refractivity contribution < 1.29 is 14.6 Å². The van der Waals surface area contributed by atoms with Crippen LogP contribution in [0.25, 0.3) is 0 Å². The number of ether oxygens (including phenoxy) is 1. The summed E-state index contributed by atoms with van der Waals surface area (Å²) in [4.78, 5) is 10.9. The van der Waals surface area contributed by atoms with Crippen molar-refractivity contribution in [3.8, 4) is 0 Å². The lowest BCUT2D eigenvalue weighted by atomic mass is 10.00. The molecule has 1 N–H and O–H groups in total. The topological polar surface area (TPSA) is 46.5 Å². The second-order valence-electron chi connectivity index (χ2n) is 4.75. The summed E-state index contributed by atoms with van der Waals surface area (Å²) in [6.07, 6.45) is 3.92. The lowest BCUT2D eigenvalue weighted by Gasteiger charge is -2.21. The van der Waals surface area contributed by atoms with Gasteiger partial charge in [0.25, 0.3) is 0 Å². The molecule has 0 aliphatic heterocycles. The Morgan fingerprint density at radius 1 is 1.31 bits per heavy atom. The molecule has 0 radical (unpaired) electrons. The summed E-state index contributed by atoms with van der Waals surface area (Å²) >= 11 is 0. The van der Waals surface area contributed by atoms with Crippen molar-refractivity contribution in [3.05, 3.63) is 0 Å². The Morgan fingerprint density at radius 2 is 1.94 bits per heavy atom. The van der Waals surface area contributed by atoms with Gasteiger partial charge in [-0.1, -0.05) is 47.0 Å². The predicted octanol–water partition coefficient (Wildman–Crippen LogP) is 3.33. The highest BCUT2D eigenvalue weighted by molar-refractivity contribution is 5.72. The van der Waals surface area contributed by atoms with Crippen molar-refractivity contribution in [1.29, 1.82) is 0 Å². The van der Waals surface area contributed by atoms with E-state index in [1.165, 1.54) is 12.8 Å². The summed E-state index contributed by atoms with van der Waals surface area (Å²) in [5, 5.41) is 8.98. The number of carbonyl (C=O) groups is 1. The molecular weight excluding hydrogens is 204 g/mol. The van der Waals surface area contributed by atoms with E-state index in [2.05, 4.69) is 13.8 Å². The van der Waals surface area contributed by atoms with Crippen LogP contribution in [0.15, 0.2) is 0 Å². The van der Waals surface area contributed by atoms with Crippen molar-refractivity contribution in [2.24, 2.45) is 11.8 Å². The number of hydrogen-bond acceptors (Lipinski definition) is 2. The summed E-state index contributed by atoms with van der Waals surface area (Å²) in [6, 6.07) is 0. The normalized spacial score (nSPS) is 15.1. The molecule has 0 aliphatic rings. The fourth-order valence-corrected chi connectivity index (χ4v) is 1.69. The number of rotatable bonds is 9. The van der Waals surface area contributed by atoms with E-state index in [9.17, 15) is 4.79 Å². The first kappa shape index (κ1) is 15.4. The molecule has 0 aromatic rings. The van der Waals surface area contributed by atoms with Crippen LogP contribution in [0.3, 0.4) is 0 Å². The number of unbranched alkanes of at least 4 members (excludes halogenated alkanes) is 1. The third kappa shape index (κ3) is 6.11. The monoisotopic (exact) mass is 230 g/mol. The van der Waals surface area contributed by atoms with Crippen molar-refractivity contribution in [1.82, 2.24) is 0 Å². The molecule has 0 saturated carbocycles. The standard InChI is InChI=1S/C13H26O3/c1-5-7-8-11(6-2)9-16-12(10(3)4)13(14)15/h10-12H,5-9H2,1-4H3,(H,14,15). The molecule has 0 rings (SSSR count). The minimum absolute atomic E-state index is 0.0289. The third-order valence-corrected chi connectivity index (χ3v) is 2.90. The van der Waals surface area contributed by atoms with E-state index in [4.69, 9.17) is 9.84 Å². The van der Waals surface area contributed by atoms with Crippen LogP contribution in [0.4, 0.5) is 0 Å². The van der Waals surface area contributed by atoms with Gasteiger partial charge in [-0.2, -0.15) is 0 Å². The first-order valence-corrected chi connectivity index (χ1v) is 6.37. The average molecular weight is 230 g/mol. The molecular formula is C13H26O3. The van der Waals surface area contributed by atoms with E-state index in [1.54, 1.807) is 0 Å². The number of hydrogen-bond donors (Lipinski definition) is 1. The van der Waals surface area contributed by atoms with Crippen LogP contribution in [-0.2, 0) is 9.53 Å². The molecule has 0 bridgehead atoms. The summed E-state index contributed by atoms with van der Waals surface area (Å²) in [5.41, 5.74) is 0. The van der Waals surface area contributed by atoms with Gasteiger partial charge < -0.3 is 9.84 Å². The van der Waals surface area contributed by atoms with E-state index in [0.717, 1.165) is 12.8 Å². The Morgan fingerprint density at radius 3 is 2.31 bits per heavy atom. The zero-order valence-corrected chi connectivity index (χ0v) is 11.0. The van der Waals surface area contributed by atoms with Crippen LogP contribution in [0.1, 0.15) is 53.4 Å². The maximum Gasteiger partial charge on any atom is 0.333 e. The fraction of sp³-hybridized carbons (Fsp3) is 0.923. The van der Waals surface area contributed by atoms with E-state index in [0.29, 0.717) is 12.5 Å². The highest BCUT2D eigenvalue weighted by Crippen LogP contribution is 2.16. The molecule has 16 heavy (non-hydrogen) atoms. The molecule has 3 nitrogen and oxygen atoms in total. The van der Waals surface area contributed by atoms with Crippen molar-refractivity contribution in [3.63, 3.8) is 0 Å². The SMILES string of the molecule is CCCCC(CC)COC(C(=O)O)C(C)C. The summed E-state index contributed by atoms with van der Waals surface area (Å²) < 4.78 is 5.52. The van der Waals surface area contributed by atoms with E-state index < -0.39 is 12.1 Å². The van der Waals surface area contributed by atoms with Crippen molar-refractivity contribution in [2.45, 2.75) is 59.5 Å². The molecule has 0 heterocycles. The average Bonchev–Trinajstić information content (AvgIpc) is 2.22. The summed E-state index contributed by atoms with van der Waals surface area (Å²) in [6.45, 7) is 8.64. The van der Waals surface area contributed by atoms with Gasteiger partial charge in [0.2, 0.25) is 0 Å².